The molecule has 0 atom stereocenters. The van der Waals surface area contributed by atoms with Gasteiger partial charge in [-0.1, -0.05) is 42.5 Å². The predicted molar refractivity (Wildman–Crippen MR) is 124 cm³/mol. The lowest BCUT2D eigenvalue weighted by Gasteiger charge is -2.22. The number of rotatable bonds is 8. The summed E-state index contributed by atoms with van der Waals surface area (Å²) in [5, 5.41) is 6.33. The highest BCUT2D eigenvalue weighted by Gasteiger charge is 2.21. The van der Waals surface area contributed by atoms with Crippen LogP contribution < -0.4 is 15.5 Å². The largest absolute Gasteiger partial charge is 0.352 e. The lowest BCUT2D eigenvalue weighted by molar-refractivity contribution is -0.130. The molecule has 0 radical (unpaired) electrons. The number of carbonyl (C=O) groups is 2. The minimum absolute atomic E-state index is 0.0222. The van der Waals surface area contributed by atoms with Crippen molar-refractivity contribution in [2.24, 2.45) is 4.99 Å². The summed E-state index contributed by atoms with van der Waals surface area (Å²) in [4.78, 5) is 32.3. The molecule has 1 heterocycles. The first kappa shape index (κ1) is 22.3. The maximum Gasteiger partial charge on any atom is 0.242 e. The van der Waals surface area contributed by atoms with E-state index in [1.165, 1.54) is 0 Å². The fraction of sp³-hybridized carbons (Fsp3) is 0.375. The van der Waals surface area contributed by atoms with Crippen LogP contribution in [0.25, 0.3) is 0 Å². The molecule has 7 heteroatoms. The summed E-state index contributed by atoms with van der Waals surface area (Å²) >= 11 is 0. The Morgan fingerprint density at radius 1 is 1.06 bits per heavy atom. The molecule has 2 N–H and O–H groups in total. The normalized spacial score (nSPS) is 13.9. The first-order valence-corrected chi connectivity index (χ1v) is 10.8. The van der Waals surface area contributed by atoms with E-state index in [0.717, 1.165) is 29.8 Å². The van der Waals surface area contributed by atoms with Gasteiger partial charge in [0.05, 0.1) is 6.54 Å². The molecule has 2 amide bonds. The van der Waals surface area contributed by atoms with Gasteiger partial charge < -0.3 is 20.4 Å². The first-order chi connectivity index (χ1) is 15.1. The summed E-state index contributed by atoms with van der Waals surface area (Å²) in [5.74, 6) is 0.783. The van der Waals surface area contributed by atoms with E-state index < -0.39 is 0 Å². The Hall–Kier alpha value is -3.35. The third-order valence-corrected chi connectivity index (χ3v) is 5.36. The van der Waals surface area contributed by atoms with Gasteiger partial charge >= 0.3 is 0 Å². The van der Waals surface area contributed by atoms with E-state index in [2.05, 4.69) is 15.6 Å². The number of nitrogens with one attached hydrogen (secondary N) is 2. The molecular weight excluding hydrogens is 390 g/mol. The second-order valence-electron chi connectivity index (χ2n) is 7.49. The van der Waals surface area contributed by atoms with Crippen LogP contribution in [-0.4, -0.2) is 49.4 Å². The first-order valence-electron chi connectivity index (χ1n) is 10.8. The number of hydrogen-bond donors (Lipinski definition) is 2. The molecule has 3 rings (SSSR count). The van der Waals surface area contributed by atoms with E-state index in [4.69, 9.17) is 0 Å². The summed E-state index contributed by atoms with van der Waals surface area (Å²) in [7, 11) is 1.68. The van der Waals surface area contributed by atoms with Gasteiger partial charge in [-0.3, -0.25) is 14.6 Å². The number of aliphatic imine (C=N–C) groups is 1. The predicted octanol–water partition coefficient (Wildman–Crippen LogP) is 2.53. The summed E-state index contributed by atoms with van der Waals surface area (Å²) < 4.78 is 0. The SMILES string of the molecule is CCN(Cc1ccccc1)C(=O)CNC(=NC)NCc1ccc(N2CCCC2=O)cc1. The maximum absolute atomic E-state index is 12.6. The van der Waals surface area contributed by atoms with Gasteiger partial charge in [0.15, 0.2) is 5.96 Å². The Bertz CT molecular complexity index is 896. The molecular formula is C24H31N5O2. The molecule has 0 unspecified atom stereocenters. The van der Waals surface area contributed by atoms with Gasteiger partial charge in [0.1, 0.15) is 0 Å². The van der Waals surface area contributed by atoms with Gasteiger partial charge in [0, 0.05) is 45.3 Å². The van der Waals surface area contributed by atoms with Crippen molar-refractivity contribution < 1.29 is 9.59 Å². The van der Waals surface area contributed by atoms with E-state index in [1.807, 2.05) is 71.3 Å². The lowest BCUT2D eigenvalue weighted by atomic mass is 10.2. The summed E-state index contributed by atoms with van der Waals surface area (Å²) in [6.07, 6.45) is 1.55. The van der Waals surface area contributed by atoms with Crippen LogP contribution in [0, 0.1) is 0 Å². The minimum Gasteiger partial charge on any atom is -0.352 e. The summed E-state index contributed by atoms with van der Waals surface area (Å²) in [6, 6.07) is 17.9. The topological polar surface area (TPSA) is 77.0 Å². The molecule has 0 spiro atoms. The third kappa shape index (κ3) is 6.31. The van der Waals surface area contributed by atoms with Crippen LogP contribution in [-0.2, 0) is 22.7 Å². The average Bonchev–Trinajstić information content (AvgIpc) is 3.24. The second kappa shape index (κ2) is 11.2. The number of hydrogen-bond acceptors (Lipinski definition) is 3. The van der Waals surface area contributed by atoms with Crippen molar-refractivity contribution in [2.45, 2.75) is 32.9 Å². The van der Waals surface area contributed by atoms with Crippen molar-refractivity contribution in [3.05, 3.63) is 65.7 Å². The van der Waals surface area contributed by atoms with Gasteiger partial charge in [-0.2, -0.15) is 0 Å². The number of anilines is 1. The van der Waals surface area contributed by atoms with Crippen molar-refractivity contribution in [2.75, 3.05) is 31.6 Å². The van der Waals surface area contributed by atoms with Crippen molar-refractivity contribution in [1.82, 2.24) is 15.5 Å². The standard InChI is InChI=1S/C24H31N5O2/c1-3-28(18-20-8-5-4-6-9-20)23(31)17-27-24(25-2)26-16-19-11-13-21(14-12-19)29-15-7-10-22(29)30/h4-6,8-9,11-14H,3,7,10,15-18H2,1-2H3,(H2,25,26,27). The zero-order chi connectivity index (χ0) is 22.1. The highest BCUT2D eigenvalue weighted by molar-refractivity contribution is 5.95. The van der Waals surface area contributed by atoms with Crippen molar-refractivity contribution in [3.63, 3.8) is 0 Å². The number of amides is 2. The van der Waals surface area contributed by atoms with Gasteiger partial charge in [-0.25, -0.2) is 0 Å². The zero-order valence-corrected chi connectivity index (χ0v) is 18.3. The Balaban J connectivity index is 1.46. The monoisotopic (exact) mass is 421 g/mol. The molecule has 2 aromatic carbocycles. The van der Waals surface area contributed by atoms with E-state index >= 15 is 0 Å². The number of guanidine groups is 1. The van der Waals surface area contributed by atoms with Crippen molar-refractivity contribution >= 4 is 23.5 Å². The van der Waals surface area contributed by atoms with Crippen LogP contribution in [0.5, 0.6) is 0 Å². The summed E-state index contributed by atoms with van der Waals surface area (Å²) in [6.45, 7) is 4.76. The van der Waals surface area contributed by atoms with Crippen molar-refractivity contribution in [1.29, 1.82) is 0 Å². The minimum atomic E-state index is 0.0222. The Morgan fingerprint density at radius 2 is 1.81 bits per heavy atom. The number of likely N-dealkylation sites (N-methyl/N-ethyl adjacent to an activating group) is 1. The highest BCUT2D eigenvalue weighted by atomic mass is 16.2. The molecule has 0 saturated carbocycles. The quantitative estimate of drug-likeness (QED) is 0.507. The number of benzene rings is 2. The molecule has 1 aliphatic heterocycles. The Morgan fingerprint density at radius 3 is 2.42 bits per heavy atom. The van der Waals surface area contributed by atoms with Crippen LogP contribution in [0.1, 0.15) is 30.9 Å². The molecule has 1 fully saturated rings. The van der Waals surface area contributed by atoms with Crippen LogP contribution >= 0.6 is 0 Å². The Kier molecular flexibility index (Phi) is 8.04. The van der Waals surface area contributed by atoms with Crippen LogP contribution in [0.4, 0.5) is 5.69 Å². The lowest BCUT2D eigenvalue weighted by Crippen LogP contribution is -2.44. The van der Waals surface area contributed by atoms with E-state index in [-0.39, 0.29) is 18.4 Å². The fourth-order valence-electron chi connectivity index (χ4n) is 3.57. The molecule has 0 aromatic heterocycles. The molecule has 1 aliphatic rings. The molecule has 7 nitrogen and oxygen atoms in total. The van der Waals surface area contributed by atoms with E-state index in [0.29, 0.717) is 32.0 Å². The average molecular weight is 422 g/mol. The van der Waals surface area contributed by atoms with Crippen LogP contribution in [0.3, 0.4) is 0 Å². The summed E-state index contributed by atoms with van der Waals surface area (Å²) in [5.41, 5.74) is 3.13. The molecule has 0 aliphatic carbocycles. The van der Waals surface area contributed by atoms with E-state index in [1.54, 1.807) is 7.05 Å². The van der Waals surface area contributed by atoms with Crippen LogP contribution in [0.15, 0.2) is 59.6 Å². The molecule has 1 saturated heterocycles. The number of nitrogens with zero attached hydrogens (tertiary/aromatic N) is 3. The van der Waals surface area contributed by atoms with E-state index in [9.17, 15) is 9.59 Å². The molecule has 164 valence electrons. The van der Waals surface area contributed by atoms with Gasteiger partial charge in [0.2, 0.25) is 11.8 Å². The second-order valence-corrected chi connectivity index (χ2v) is 7.49. The van der Waals surface area contributed by atoms with Crippen LogP contribution in [0.2, 0.25) is 0 Å². The molecule has 31 heavy (non-hydrogen) atoms. The maximum atomic E-state index is 12.6. The fourth-order valence-corrected chi connectivity index (χ4v) is 3.57. The Labute approximate surface area is 184 Å². The van der Waals surface area contributed by atoms with Gasteiger partial charge in [0.25, 0.3) is 0 Å². The van der Waals surface area contributed by atoms with Gasteiger partial charge in [-0.05, 0) is 36.6 Å². The van der Waals surface area contributed by atoms with Crippen molar-refractivity contribution in [3.8, 4) is 0 Å². The zero-order valence-electron chi connectivity index (χ0n) is 18.3. The van der Waals surface area contributed by atoms with Gasteiger partial charge in [-0.15, -0.1) is 0 Å². The number of carbonyl (C=O) groups excluding carboxylic acids is 2. The molecule has 0 bridgehead atoms. The third-order valence-electron chi connectivity index (χ3n) is 5.36. The highest BCUT2D eigenvalue weighted by Crippen LogP contribution is 2.21. The molecule has 2 aromatic rings. The smallest absolute Gasteiger partial charge is 0.242 e.